The van der Waals surface area contributed by atoms with Crippen LogP contribution in [0.1, 0.15) is 30.3 Å². The van der Waals surface area contributed by atoms with Crippen LogP contribution in [0.25, 0.3) is 0 Å². The number of hydrogen-bond acceptors (Lipinski definition) is 4. The first-order valence-electron chi connectivity index (χ1n) is 4.77. The van der Waals surface area contributed by atoms with Crippen LogP contribution in [0, 0.1) is 0 Å². The van der Waals surface area contributed by atoms with Crippen LogP contribution in [0.2, 0.25) is 0 Å². The van der Waals surface area contributed by atoms with Crippen molar-refractivity contribution in [3.05, 3.63) is 24.0 Å². The van der Waals surface area contributed by atoms with Crippen LogP contribution in [0.15, 0.2) is 18.3 Å². The number of nitrogens with zero attached hydrogens (tertiary/aromatic N) is 1. The molecule has 0 aliphatic carbocycles. The highest BCUT2D eigenvalue weighted by Gasteiger charge is 2.00. The lowest BCUT2D eigenvalue weighted by molar-refractivity contribution is -0.108. The molecule has 0 radical (unpaired) electrons. The van der Waals surface area contributed by atoms with Crippen LogP contribution in [0.5, 0.6) is 5.75 Å². The molecule has 0 unspecified atom stereocenters. The maximum absolute atomic E-state index is 10.9. The molecule has 1 aromatic rings. The number of ketones is 1. The largest absolute Gasteiger partial charge is 0.492 e. The Morgan fingerprint density at radius 1 is 1.53 bits per heavy atom. The van der Waals surface area contributed by atoms with Crippen LogP contribution >= 0.6 is 0 Å². The second kappa shape index (κ2) is 5.90. The number of rotatable bonds is 6. The SMILES string of the molecule is CC(=O)c1ccc(OCCCC=O)cn1. The van der Waals surface area contributed by atoms with Gasteiger partial charge in [-0.2, -0.15) is 0 Å². The van der Waals surface area contributed by atoms with Crippen LogP contribution in [-0.4, -0.2) is 23.7 Å². The van der Waals surface area contributed by atoms with Gasteiger partial charge in [-0.05, 0) is 18.6 Å². The maximum Gasteiger partial charge on any atom is 0.178 e. The third-order valence-corrected chi connectivity index (χ3v) is 1.83. The third-order valence-electron chi connectivity index (χ3n) is 1.83. The summed E-state index contributed by atoms with van der Waals surface area (Å²) in [6, 6.07) is 3.32. The Labute approximate surface area is 88.3 Å². The highest BCUT2D eigenvalue weighted by atomic mass is 16.5. The molecule has 1 aromatic heterocycles. The summed E-state index contributed by atoms with van der Waals surface area (Å²) in [6.07, 6.45) is 3.56. The summed E-state index contributed by atoms with van der Waals surface area (Å²) in [5.41, 5.74) is 0.426. The minimum atomic E-state index is -0.0671. The predicted molar refractivity (Wildman–Crippen MR) is 55.0 cm³/mol. The van der Waals surface area contributed by atoms with Crippen molar-refractivity contribution in [2.24, 2.45) is 0 Å². The second-order valence-corrected chi connectivity index (χ2v) is 3.09. The molecule has 80 valence electrons. The highest BCUT2D eigenvalue weighted by molar-refractivity contribution is 5.92. The van der Waals surface area contributed by atoms with E-state index < -0.39 is 0 Å². The lowest BCUT2D eigenvalue weighted by atomic mass is 10.3. The number of pyridine rings is 1. The molecule has 1 heterocycles. The summed E-state index contributed by atoms with van der Waals surface area (Å²) in [4.78, 5) is 24.9. The topological polar surface area (TPSA) is 56.3 Å². The van der Waals surface area contributed by atoms with Gasteiger partial charge in [0.15, 0.2) is 5.78 Å². The van der Waals surface area contributed by atoms with Gasteiger partial charge in [0.05, 0.1) is 12.8 Å². The van der Waals surface area contributed by atoms with Crippen molar-refractivity contribution >= 4 is 12.1 Å². The first-order chi connectivity index (χ1) is 7.24. The molecule has 0 saturated carbocycles. The van der Waals surface area contributed by atoms with Crippen molar-refractivity contribution in [2.75, 3.05) is 6.61 Å². The lowest BCUT2D eigenvalue weighted by Crippen LogP contribution is -2.00. The molecular weight excluding hydrogens is 194 g/mol. The average Bonchev–Trinajstić information content (AvgIpc) is 2.25. The number of aromatic nitrogens is 1. The number of carbonyl (C=O) groups is 2. The van der Waals surface area contributed by atoms with Crippen LogP contribution in [0.3, 0.4) is 0 Å². The number of unbranched alkanes of at least 4 members (excludes halogenated alkanes) is 1. The quantitative estimate of drug-likeness (QED) is 0.404. The normalized spacial score (nSPS) is 9.67. The van der Waals surface area contributed by atoms with E-state index in [0.29, 0.717) is 30.9 Å². The van der Waals surface area contributed by atoms with Crippen molar-refractivity contribution in [3.8, 4) is 5.75 Å². The van der Waals surface area contributed by atoms with E-state index in [4.69, 9.17) is 4.74 Å². The van der Waals surface area contributed by atoms with Gasteiger partial charge in [-0.3, -0.25) is 4.79 Å². The Kier molecular flexibility index (Phi) is 4.47. The number of aldehydes is 1. The average molecular weight is 207 g/mol. The Hall–Kier alpha value is -1.71. The molecule has 0 amide bonds. The number of Topliss-reactive ketones (excluding diaryl/α,β-unsaturated/α-hetero) is 1. The molecule has 15 heavy (non-hydrogen) atoms. The molecule has 0 aliphatic rings. The van der Waals surface area contributed by atoms with Crippen molar-refractivity contribution in [2.45, 2.75) is 19.8 Å². The molecule has 0 spiro atoms. The fraction of sp³-hybridized carbons (Fsp3) is 0.364. The molecule has 0 fully saturated rings. The molecule has 4 heteroatoms. The number of ether oxygens (including phenoxy) is 1. The monoisotopic (exact) mass is 207 g/mol. The molecule has 0 saturated heterocycles. The van der Waals surface area contributed by atoms with Gasteiger partial charge in [0.25, 0.3) is 0 Å². The summed E-state index contributed by atoms with van der Waals surface area (Å²) >= 11 is 0. The van der Waals surface area contributed by atoms with Crippen molar-refractivity contribution in [3.63, 3.8) is 0 Å². The summed E-state index contributed by atoms with van der Waals surface area (Å²) < 4.78 is 5.31. The van der Waals surface area contributed by atoms with Crippen LogP contribution < -0.4 is 4.74 Å². The lowest BCUT2D eigenvalue weighted by Gasteiger charge is -2.04. The predicted octanol–water partition coefficient (Wildman–Crippen LogP) is 1.64. The Bertz CT molecular complexity index is 332. The van der Waals surface area contributed by atoms with E-state index in [2.05, 4.69) is 4.98 Å². The van der Waals surface area contributed by atoms with Gasteiger partial charge < -0.3 is 9.53 Å². The second-order valence-electron chi connectivity index (χ2n) is 3.09. The zero-order valence-corrected chi connectivity index (χ0v) is 8.60. The highest BCUT2D eigenvalue weighted by Crippen LogP contribution is 2.09. The Morgan fingerprint density at radius 2 is 2.33 bits per heavy atom. The molecule has 1 rings (SSSR count). The van der Waals surface area contributed by atoms with E-state index in [9.17, 15) is 9.59 Å². The van der Waals surface area contributed by atoms with Gasteiger partial charge in [-0.25, -0.2) is 4.98 Å². The molecule has 0 N–H and O–H groups in total. The Morgan fingerprint density at radius 3 is 2.87 bits per heavy atom. The summed E-state index contributed by atoms with van der Waals surface area (Å²) in [6.45, 7) is 1.95. The standard InChI is InChI=1S/C11H13NO3/c1-9(14)11-5-4-10(8-12-11)15-7-3-2-6-13/h4-6,8H,2-3,7H2,1H3. The minimum absolute atomic E-state index is 0.0671. The molecular formula is C11H13NO3. The fourth-order valence-electron chi connectivity index (χ4n) is 1.03. The van der Waals surface area contributed by atoms with E-state index in [1.165, 1.54) is 13.1 Å². The van der Waals surface area contributed by atoms with Gasteiger partial charge in [-0.15, -0.1) is 0 Å². The summed E-state index contributed by atoms with van der Waals surface area (Å²) in [5.74, 6) is 0.549. The van der Waals surface area contributed by atoms with Crippen LogP contribution in [-0.2, 0) is 4.79 Å². The van der Waals surface area contributed by atoms with Crippen LogP contribution in [0.4, 0.5) is 0 Å². The summed E-state index contributed by atoms with van der Waals surface area (Å²) in [7, 11) is 0. The van der Waals surface area contributed by atoms with E-state index >= 15 is 0 Å². The zero-order valence-electron chi connectivity index (χ0n) is 8.60. The van der Waals surface area contributed by atoms with E-state index in [0.717, 1.165) is 6.29 Å². The number of carbonyl (C=O) groups excluding carboxylic acids is 2. The fourth-order valence-corrected chi connectivity index (χ4v) is 1.03. The Balaban J connectivity index is 2.42. The zero-order chi connectivity index (χ0) is 11.1. The smallest absolute Gasteiger partial charge is 0.178 e. The molecule has 0 atom stereocenters. The van der Waals surface area contributed by atoms with Gasteiger partial charge in [-0.1, -0.05) is 0 Å². The van der Waals surface area contributed by atoms with E-state index in [1.807, 2.05) is 0 Å². The molecule has 4 nitrogen and oxygen atoms in total. The first-order valence-corrected chi connectivity index (χ1v) is 4.77. The van der Waals surface area contributed by atoms with E-state index in [1.54, 1.807) is 12.1 Å². The molecule has 0 aliphatic heterocycles. The maximum atomic E-state index is 10.9. The van der Waals surface area contributed by atoms with Gasteiger partial charge in [0.1, 0.15) is 17.7 Å². The van der Waals surface area contributed by atoms with Gasteiger partial charge in [0.2, 0.25) is 0 Å². The van der Waals surface area contributed by atoms with Crippen molar-refractivity contribution in [1.82, 2.24) is 4.98 Å². The third kappa shape index (κ3) is 3.89. The first kappa shape index (κ1) is 11.4. The van der Waals surface area contributed by atoms with Gasteiger partial charge in [0, 0.05) is 13.3 Å². The number of hydrogen-bond donors (Lipinski definition) is 0. The minimum Gasteiger partial charge on any atom is -0.492 e. The molecule has 0 aromatic carbocycles. The van der Waals surface area contributed by atoms with Crippen molar-refractivity contribution < 1.29 is 14.3 Å². The van der Waals surface area contributed by atoms with E-state index in [-0.39, 0.29) is 5.78 Å². The van der Waals surface area contributed by atoms with Crippen molar-refractivity contribution in [1.29, 1.82) is 0 Å². The summed E-state index contributed by atoms with van der Waals surface area (Å²) in [5, 5.41) is 0. The van der Waals surface area contributed by atoms with Gasteiger partial charge >= 0.3 is 0 Å². The molecule has 0 bridgehead atoms.